The van der Waals surface area contributed by atoms with Gasteiger partial charge in [-0.05, 0) is 41.1 Å². The second-order valence-corrected chi connectivity index (χ2v) is 4.37. The van der Waals surface area contributed by atoms with Crippen LogP contribution in [0.4, 0.5) is 0 Å². The molecule has 88 valence electrons. The van der Waals surface area contributed by atoms with Crippen LogP contribution in [0.2, 0.25) is 0 Å². The van der Waals surface area contributed by atoms with Gasteiger partial charge in [-0.15, -0.1) is 0 Å². The Balaban J connectivity index is 2.63. The summed E-state index contributed by atoms with van der Waals surface area (Å²) in [7, 11) is 1.67. The summed E-state index contributed by atoms with van der Waals surface area (Å²) in [6, 6.07) is 5.26. The van der Waals surface area contributed by atoms with Crippen molar-refractivity contribution in [2.75, 3.05) is 13.7 Å². The Hall–Kier alpha value is -0.870. The maximum absolute atomic E-state index is 10.6. The fourth-order valence-corrected chi connectivity index (χ4v) is 1.74. The highest BCUT2D eigenvalue weighted by Gasteiger charge is 2.07. The Kier molecular flexibility index (Phi) is 5.49. The molecular weight excluding hydrogens is 272 g/mol. The molecule has 0 bridgehead atoms. The molecule has 1 rings (SSSR count). The van der Waals surface area contributed by atoms with Crippen molar-refractivity contribution in [1.29, 1.82) is 0 Å². The van der Waals surface area contributed by atoms with E-state index in [1.54, 1.807) is 25.3 Å². The van der Waals surface area contributed by atoms with Crippen molar-refractivity contribution in [1.82, 2.24) is 0 Å². The van der Waals surface area contributed by atoms with Gasteiger partial charge in [-0.2, -0.15) is 0 Å². The molecule has 0 N–H and O–H groups in total. The normalized spacial score (nSPS) is 12.2. The summed E-state index contributed by atoms with van der Waals surface area (Å²) < 4.78 is 11.5. The Morgan fingerprint density at radius 2 is 2.25 bits per heavy atom. The molecule has 1 aromatic rings. The van der Waals surface area contributed by atoms with Crippen LogP contribution in [0.1, 0.15) is 23.7 Å². The van der Waals surface area contributed by atoms with E-state index in [-0.39, 0.29) is 6.10 Å². The zero-order valence-electron chi connectivity index (χ0n) is 9.40. The molecule has 0 aliphatic heterocycles. The maximum atomic E-state index is 10.6. The van der Waals surface area contributed by atoms with Crippen molar-refractivity contribution >= 4 is 22.2 Å². The first-order chi connectivity index (χ1) is 7.67. The number of aldehydes is 1. The standard InChI is InChI=1S/C12H15BrO3/c1-9(5-6-15-2)16-12-4-3-10(8-14)7-11(12)13/h3-4,7-9H,5-6H2,1-2H3. The van der Waals surface area contributed by atoms with Gasteiger partial charge in [0.1, 0.15) is 12.0 Å². The van der Waals surface area contributed by atoms with Crippen LogP contribution in [0, 0.1) is 0 Å². The molecule has 0 aliphatic rings. The average molecular weight is 287 g/mol. The van der Waals surface area contributed by atoms with E-state index in [1.165, 1.54) is 0 Å². The van der Waals surface area contributed by atoms with Gasteiger partial charge in [0.15, 0.2) is 0 Å². The number of carbonyl (C=O) groups is 1. The number of rotatable bonds is 6. The van der Waals surface area contributed by atoms with Crippen molar-refractivity contribution in [2.24, 2.45) is 0 Å². The number of methoxy groups -OCH3 is 1. The monoisotopic (exact) mass is 286 g/mol. The molecule has 1 aromatic carbocycles. The second kappa shape index (κ2) is 6.66. The number of ether oxygens (including phenoxy) is 2. The van der Waals surface area contributed by atoms with Gasteiger partial charge in [0.25, 0.3) is 0 Å². The number of hydrogen-bond donors (Lipinski definition) is 0. The van der Waals surface area contributed by atoms with E-state index in [9.17, 15) is 4.79 Å². The van der Waals surface area contributed by atoms with Gasteiger partial charge in [0.05, 0.1) is 10.6 Å². The molecule has 1 unspecified atom stereocenters. The first-order valence-electron chi connectivity index (χ1n) is 5.07. The van der Waals surface area contributed by atoms with E-state index in [2.05, 4.69) is 15.9 Å². The van der Waals surface area contributed by atoms with Gasteiger partial charge < -0.3 is 9.47 Å². The number of benzene rings is 1. The molecular formula is C12H15BrO3. The lowest BCUT2D eigenvalue weighted by Crippen LogP contribution is -2.14. The molecule has 0 aliphatic carbocycles. The molecule has 0 heterocycles. The molecule has 4 heteroatoms. The smallest absolute Gasteiger partial charge is 0.150 e. The largest absolute Gasteiger partial charge is 0.489 e. The van der Waals surface area contributed by atoms with E-state index in [4.69, 9.17) is 9.47 Å². The SMILES string of the molecule is COCCC(C)Oc1ccc(C=O)cc1Br. The van der Waals surface area contributed by atoms with Crippen LogP contribution in [0.15, 0.2) is 22.7 Å². The third-order valence-electron chi connectivity index (χ3n) is 2.15. The highest BCUT2D eigenvalue weighted by Crippen LogP contribution is 2.26. The first-order valence-corrected chi connectivity index (χ1v) is 5.87. The molecule has 0 amide bonds. The highest BCUT2D eigenvalue weighted by atomic mass is 79.9. The Morgan fingerprint density at radius 3 is 2.81 bits per heavy atom. The van der Waals surface area contributed by atoms with E-state index in [0.29, 0.717) is 12.2 Å². The molecule has 0 radical (unpaired) electrons. The summed E-state index contributed by atoms with van der Waals surface area (Å²) in [5.74, 6) is 0.745. The molecule has 1 atom stereocenters. The molecule has 0 aromatic heterocycles. The van der Waals surface area contributed by atoms with Crippen LogP contribution in [-0.2, 0) is 4.74 Å². The third kappa shape index (κ3) is 3.94. The summed E-state index contributed by atoms with van der Waals surface area (Å²) in [4.78, 5) is 10.6. The zero-order valence-corrected chi connectivity index (χ0v) is 11.0. The van der Waals surface area contributed by atoms with Gasteiger partial charge >= 0.3 is 0 Å². The predicted octanol–water partition coefficient (Wildman–Crippen LogP) is 3.07. The van der Waals surface area contributed by atoms with Crippen LogP contribution in [0.5, 0.6) is 5.75 Å². The average Bonchev–Trinajstić information content (AvgIpc) is 2.29. The van der Waals surface area contributed by atoms with Crippen LogP contribution in [-0.4, -0.2) is 26.1 Å². The quantitative estimate of drug-likeness (QED) is 0.754. The number of carbonyl (C=O) groups excluding carboxylic acids is 1. The van der Waals surface area contributed by atoms with E-state index < -0.39 is 0 Å². The number of halogens is 1. The zero-order chi connectivity index (χ0) is 12.0. The molecule has 0 saturated heterocycles. The fourth-order valence-electron chi connectivity index (χ4n) is 1.25. The van der Waals surface area contributed by atoms with Crippen LogP contribution in [0.25, 0.3) is 0 Å². The summed E-state index contributed by atoms with van der Waals surface area (Å²) in [6.07, 6.45) is 1.72. The second-order valence-electron chi connectivity index (χ2n) is 3.52. The summed E-state index contributed by atoms with van der Waals surface area (Å²) in [5.41, 5.74) is 0.628. The predicted molar refractivity (Wildman–Crippen MR) is 66.1 cm³/mol. The van der Waals surface area contributed by atoms with Gasteiger partial charge in [-0.25, -0.2) is 0 Å². The van der Waals surface area contributed by atoms with Crippen LogP contribution in [0.3, 0.4) is 0 Å². The van der Waals surface area contributed by atoms with E-state index in [1.807, 2.05) is 6.92 Å². The minimum Gasteiger partial charge on any atom is -0.489 e. The topological polar surface area (TPSA) is 35.5 Å². The van der Waals surface area contributed by atoms with Crippen molar-refractivity contribution in [3.05, 3.63) is 28.2 Å². The maximum Gasteiger partial charge on any atom is 0.150 e. The fraction of sp³-hybridized carbons (Fsp3) is 0.417. The van der Waals surface area contributed by atoms with E-state index in [0.717, 1.165) is 22.9 Å². The van der Waals surface area contributed by atoms with Crippen LogP contribution >= 0.6 is 15.9 Å². The van der Waals surface area contributed by atoms with Crippen molar-refractivity contribution < 1.29 is 14.3 Å². The Bertz CT molecular complexity index is 352. The Labute approximate surface area is 104 Å². The lowest BCUT2D eigenvalue weighted by atomic mass is 10.2. The first kappa shape index (κ1) is 13.2. The summed E-state index contributed by atoms with van der Waals surface area (Å²) in [5, 5.41) is 0. The third-order valence-corrected chi connectivity index (χ3v) is 2.77. The van der Waals surface area contributed by atoms with Crippen molar-refractivity contribution in [3.8, 4) is 5.75 Å². The van der Waals surface area contributed by atoms with Gasteiger partial charge in [0.2, 0.25) is 0 Å². The van der Waals surface area contributed by atoms with Crippen molar-refractivity contribution in [3.63, 3.8) is 0 Å². The van der Waals surface area contributed by atoms with Crippen molar-refractivity contribution in [2.45, 2.75) is 19.4 Å². The molecule has 0 saturated carbocycles. The molecule has 3 nitrogen and oxygen atoms in total. The van der Waals surface area contributed by atoms with Crippen LogP contribution < -0.4 is 4.74 Å². The highest BCUT2D eigenvalue weighted by molar-refractivity contribution is 9.10. The molecule has 0 fully saturated rings. The minimum absolute atomic E-state index is 0.0818. The molecule has 16 heavy (non-hydrogen) atoms. The Morgan fingerprint density at radius 1 is 1.50 bits per heavy atom. The van der Waals surface area contributed by atoms with Gasteiger partial charge in [0, 0.05) is 25.7 Å². The number of hydrogen-bond acceptors (Lipinski definition) is 3. The summed E-state index contributed by atoms with van der Waals surface area (Å²) >= 11 is 3.37. The van der Waals surface area contributed by atoms with E-state index >= 15 is 0 Å². The summed E-state index contributed by atoms with van der Waals surface area (Å²) in [6.45, 7) is 2.66. The van der Waals surface area contributed by atoms with Gasteiger partial charge in [-0.3, -0.25) is 4.79 Å². The lowest BCUT2D eigenvalue weighted by molar-refractivity contribution is 0.112. The molecule has 0 spiro atoms. The minimum atomic E-state index is 0.0818. The van der Waals surface area contributed by atoms with Gasteiger partial charge in [-0.1, -0.05) is 0 Å². The lowest BCUT2D eigenvalue weighted by Gasteiger charge is -2.15.